The number of primary amides is 1. The van der Waals surface area contributed by atoms with Crippen LogP contribution < -0.4 is 22.1 Å². The van der Waals surface area contributed by atoms with Gasteiger partial charge in [0.1, 0.15) is 5.82 Å². The molecule has 2 aliphatic rings. The van der Waals surface area contributed by atoms with Crippen molar-refractivity contribution >= 4 is 22.6 Å². The van der Waals surface area contributed by atoms with Gasteiger partial charge in [0, 0.05) is 32.0 Å². The lowest BCUT2D eigenvalue weighted by Gasteiger charge is -2.36. The molecule has 6 N–H and O–H groups in total. The molecule has 0 radical (unpaired) electrons. The summed E-state index contributed by atoms with van der Waals surface area (Å²) in [5.74, 6) is 0.351. The maximum absolute atomic E-state index is 12.1. The van der Waals surface area contributed by atoms with Gasteiger partial charge in [0.05, 0.1) is 11.1 Å². The molecular weight excluding hydrogens is 398 g/mol. The van der Waals surface area contributed by atoms with Gasteiger partial charge in [-0.15, -0.1) is 0 Å². The van der Waals surface area contributed by atoms with Crippen LogP contribution in [0.15, 0.2) is 24.3 Å². The van der Waals surface area contributed by atoms with Gasteiger partial charge in [-0.2, -0.15) is 0 Å². The highest BCUT2D eigenvalue weighted by molar-refractivity contribution is 6.01. The van der Waals surface area contributed by atoms with Crippen LogP contribution in [-0.2, 0) is 0 Å². The number of anilines is 1. The fourth-order valence-electron chi connectivity index (χ4n) is 4.92. The second-order valence-electron chi connectivity index (χ2n) is 8.89. The van der Waals surface area contributed by atoms with Crippen molar-refractivity contribution in [1.29, 1.82) is 0 Å². The lowest BCUT2D eigenvalue weighted by Crippen LogP contribution is -2.47. The summed E-state index contributed by atoms with van der Waals surface area (Å²) in [6.45, 7) is 7.87. The number of amides is 1. The lowest BCUT2D eigenvalue weighted by atomic mass is 9.94. The first-order valence-electron chi connectivity index (χ1n) is 12.3. The second-order valence-corrected chi connectivity index (χ2v) is 8.89. The summed E-state index contributed by atoms with van der Waals surface area (Å²) in [7, 11) is 0. The maximum atomic E-state index is 12.1. The fourth-order valence-corrected chi connectivity index (χ4v) is 4.92. The van der Waals surface area contributed by atoms with Crippen molar-refractivity contribution in [3.05, 3.63) is 35.4 Å². The molecule has 2 heterocycles. The average molecular weight is 444 g/mol. The van der Waals surface area contributed by atoms with Gasteiger partial charge in [0.15, 0.2) is 0 Å². The highest BCUT2D eigenvalue weighted by Gasteiger charge is 2.25. The summed E-state index contributed by atoms with van der Waals surface area (Å²) in [4.78, 5) is 19.2. The van der Waals surface area contributed by atoms with Gasteiger partial charge in [0.25, 0.3) is 5.91 Å². The molecule has 1 saturated carbocycles. The van der Waals surface area contributed by atoms with E-state index in [0.717, 1.165) is 48.2 Å². The van der Waals surface area contributed by atoms with Crippen molar-refractivity contribution in [1.82, 2.24) is 16.5 Å². The molecule has 6 heteroatoms. The lowest BCUT2D eigenvalue weighted by molar-refractivity contribution is 0.100. The molecule has 32 heavy (non-hydrogen) atoms. The summed E-state index contributed by atoms with van der Waals surface area (Å²) >= 11 is 0. The minimum absolute atomic E-state index is 0. The van der Waals surface area contributed by atoms with Crippen LogP contribution in [0.2, 0.25) is 0 Å². The Labute approximate surface area is 195 Å². The number of hydrogen-bond donors (Lipinski definition) is 3. The predicted octanol–water partition coefficient (Wildman–Crippen LogP) is 5.75. The molecule has 4 rings (SSSR count). The molecule has 1 saturated heterocycles. The first kappa shape index (κ1) is 26.1. The quantitative estimate of drug-likeness (QED) is 0.558. The smallest absolute Gasteiger partial charge is 0.252 e. The van der Waals surface area contributed by atoms with Crippen LogP contribution in [-0.4, -0.2) is 36.1 Å². The Morgan fingerprint density at radius 3 is 2.22 bits per heavy atom. The van der Waals surface area contributed by atoms with Crippen molar-refractivity contribution in [3.8, 4) is 0 Å². The first-order chi connectivity index (χ1) is 15.1. The Kier molecular flexibility index (Phi) is 10.4. The number of aryl methyl sites for hydroxylation is 1. The number of piperidine rings is 1. The summed E-state index contributed by atoms with van der Waals surface area (Å²) in [6.07, 6.45) is 11.7. The van der Waals surface area contributed by atoms with Crippen LogP contribution in [0.3, 0.4) is 0 Å². The number of rotatable bonds is 4. The Balaban J connectivity index is 0.00000133. The van der Waals surface area contributed by atoms with Crippen LogP contribution >= 0.6 is 0 Å². The zero-order valence-electron chi connectivity index (χ0n) is 20.3. The van der Waals surface area contributed by atoms with Crippen molar-refractivity contribution < 1.29 is 6.22 Å². The van der Waals surface area contributed by atoms with E-state index in [1.165, 1.54) is 44.9 Å². The van der Waals surface area contributed by atoms with Gasteiger partial charge in [-0.1, -0.05) is 57.6 Å². The highest BCUT2D eigenvalue weighted by atomic mass is 16.1. The minimum atomic E-state index is -0.398. The molecular formula is C26H45N5O. The fraction of sp³-hybridized carbons (Fsp3) is 0.615. The molecule has 1 aromatic heterocycles. The van der Waals surface area contributed by atoms with Gasteiger partial charge in [-0.05, 0) is 50.8 Å². The molecule has 1 aliphatic carbocycles. The zero-order valence-corrected chi connectivity index (χ0v) is 20.3. The Bertz CT molecular complexity index is 859. The van der Waals surface area contributed by atoms with E-state index in [-0.39, 0.29) is 7.58 Å². The van der Waals surface area contributed by atoms with Crippen molar-refractivity contribution in [2.75, 3.05) is 18.0 Å². The molecule has 6 nitrogen and oxygen atoms in total. The molecule has 0 bridgehead atoms. The van der Waals surface area contributed by atoms with E-state index in [1.807, 2.05) is 32.9 Å². The van der Waals surface area contributed by atoms with Crippen LogP contribution in [0.1, 0.15) is 89.0 Å². The van der Waals surface area contributed by atoms with E-state index in [1.54, 1.807) is 0 Å². The molecule has 1 amide bonds. The van der Waals surface area contributed by atoms with E-state index >= 15 is 0 Å². The van der Waals surface area contributed by atoms with Crippen molar-refractivity contribution in [3.63, 3.8) is 0 Å². The van der Waals surface area contributed by atoms with E-state index < -0.39 is 5.91 Å². The minimum Gasteiger partial charge on any atom is -0.365 e. The zero-order chi connectivity index (χ0) is 22.2. The molecule has 2 aromatic rings. The molecule has 0 atom stereocenters. The van der Waals surface area contributed by atoms with E-state index in [2.05, 4.69) is 22.3 Å². The molecule has 2 fully saturated rings. The van der Waals surface area contributed by atoms with E-state index in [4.69, 9.17) is 10.7 Å². The third kappa shape index (κ3) is 6.66. The molecule has 1 aromatic carbocycles. The third-order valence-electron chi connectivity index (χ3n) is 6.59. The molecule has 0 spiro atoms. The number of hydrogen-bond acceptors (Lipinski definition) is 5. The van der Waals surface area contributed by atoms with Gasteiger partial charge < -0.3 is 22.1 Å². The molecule has 180 valence electrons. The number of nitrogens with two attached hydrogens (primary N) is 1. The Morgan fingerprint density at radius 2 is 1.59 bits per heavy atom. The number of benzene rings is 1. The normalized spacial score (nSPS) is 18.2. The van der Waals surface area contributed by atoms with Gasteiger partial charge in [-0.3, -0.25) is 4.79 Å². The second kappa shape index (κ2) is 12.8. The Hall–Kier alpha value is -2.18. The van der Waals surface area contributed by atoms with Crippen LogP contribution in [0.5, 0.6) is 0 Å². The summed E-state index contributed by atoms with van der Waals surface area (Å²) in [5.41, 5.74) is 8.33. The van der Waals surface area contributed by atoms with Gasteiger partial charge in [-0.25, -0.2) is 4.98 Å². The number of nitrogens with one attached hydrogen (secondary N) is 1. The topological polar surface area (TPSA) is 106 Å². The van der Waals surface area contributed by atoms with E-state index in [0.29, 0.717) is 17.6 Å². The molecule has 0 unspecified atom stereocenters. The average Bonchev–Trinajstić information content (AvgIpc) is 2.76. The van der Waals surface area contributed by atoms with Gasteiger partial charge in [0.2, 0.25) is 0 Å². The third-order valence-corrected chi connectivity index (χ3v) is 6.59. The number of carbonyl (C=O) groups excluding carboxylic acids is 1. The Morgan fingerprint density at radius 1 is 1.00 bits per heavy atom. The predicted molar refractivity (Wildman–Crippen MR) is 138 cm³/mol. The van der Waals surface area contributed by atoms with Crippen LogP contribution in [0.25, 0.3) is 10.9 Å². The maximum Gasteiger partial charge on any atom is 0.252 e. The number of nitrogens with zero attached hydrogens (tertiary/aromatic N) is 2. The monoisotopic (exact) mass is 443 g/mol. The molecule has 1 aliphatic heterocycles. The SMILES string of the molecule is CC.Cc1ccc2nc(N3CCC(NC4CCCCCCC4)CC3)c(C(N)=O)cc2c1.N.[HH]. The summed E-state index contributed by atoms with van der Waals surface area (Å²) in [5, 5.41) is 4.91. The standard InChI is InChI=1S/C24H34N4O.C2H6.H3N.H2/c1-17-9-10-22-18(15-17)16-21(23(25)29)24(27-22)28-13-11-20(12-14-28)26-19-7-5-3-2-4-6-8-19;1-2;;/h9-10,15-16,19-20,26H,2-8,11-14H2,1H3,(H2,25,29);1-2H3;1H3;1H. The number of pyridine rings is 1. The van der Waals surface area contributed by atoms with Crippen LogP contribution in [0.4, 0.5) is 5.82 Å². The number of aromatic nitrogens is 1. The number of fused-ring (bicyclic) bond motifs is 1. The number of carbonyl (C=O) groups is 1. The van der Waals surface area contributed by atoms with Crippen molar-refractivity contribution in [2.45, 2.75) is 90.6 Å². The van der Waals surface area contributed by atoms with Crippen LogP contribution in [0, 0.1) is 6.92 Å². The largest absolute Gasteiger partial charge is 0.365 e. The van der Waals surface area contributed by atoms with E-state index in [9.17, 15) is 4.79 Å². The summed E-state index contributed by atoms with van der Waals surface area (Å²) < 4.78 is 0. The van der Waals surface area contributed by atoms with Crippen molar-refractivity contribution in [2.24, 2.45) is 5.73 Å². The first-order valence-corrected chi connectivity index (χ1v) is 12.3. The highest BCUT2D eigenvalue weighted by Crippen LogP contribution is 2.27. The van der Waals surface area contributed by atoms with Gasteiger partial charge >= 0.3 is 0 Å². The summed E-state index contributed by atoms with van der Waals surface area (Å²) in [6, 6.07) is 9.30.